The van der Waals surface area contributed by atoms with E-state index in [1.807, 2.05) is 6.07 Å². The van der Waals surface area contributed by atoms with Crippen molar-refractivity contribution in [2.75, 3.05) is 20.8 Å². The van der Waals surface area contributed by atoms with Crippen molar-refractivity contribution in [1.29, 1.82) is 0 Å². The maximum absolute atomic E-state index is 5.48. The summed E-state index contributed by atoms with van der Waals surface area (Å²) >= 11 is 0. The highest BCUT2D eigenvalue weighted by Gasteiger charge is 2.26. The lowest BCUT2D eigenvalue weighted by Gasteiger charge is -2.15. The van der Waals surface area contributed by atoms with E-state index in [9.17, 15) is 0 Å². The van der Waals surface area contributed by atoms with Crippen LogP contribution in [0.25, 0.3) is 0 Å². The quantitative estimate of drug-likeness (QED) is 0.851. The molecule has 0 bridgehead atoms. The summed E-state index contributed by atoms with van der Waals surface area (Å²) in [5, 5.41) is 3.58. The molecular weight excluding hydrogens is 214 g/mol. The van der Waals surface area contributed by atoms with Crippen LogP contribution in [0.1, 0.15) is 36.9 Å². The summed E-state index contributed by atoms with van der Waals surface area (Å²) in [5.41, 5.74) is 2.68. The van der Waals surface area contributed by atoms with Gasteiger partial charge in [0.1, 0.15) is 0 Å². The average molecular weight is 235 g/mol. The minimum atomic E-state index is 0.477. The Hall–Kier alpha value is -1.22. The second-order valence-electron chi connectivity index (χ2n) is 4.41. The molecule has 1 N–H and O–H groups in total. The Bertz CT molecular complexity index is 390. The molecule has 1 atom stereocenters. The van der Waals surface area contributed by atoms with Gasteiger partial charge in [-0.3, -0.25) is 0 Å². The van der Waals surface area contributed by atoms with Gasteiger partial charge in [0.05, 0.1) is 14.2 Å². The summed E-state index contributed by atoms with van der Waals surface area (Å²) in [5.74, 6) is 1.74. The Kier molecular flexibility index (Phi) is 3.89. The number of benzene rings is 1. The van der Waals surface area contributed by atoms with Crippen molar-refractivity contribution in [2.24, 2.45) is 0 Å². The molecule has 1 aromatic rings. The average Bonchev–Trinajstić information content (AvgIpc) is 2.78. The van der Waals surface area contributed by atoms with E-state index < -0.39 is 0 Å². The van der Waals surface area contributed by atoms with Crippen molar-refractivity contribution in [3.05, 3.63) is 23.3 Å². The van der Waals surface area contributed by atoms with Gasteiger partial charge in [-0.2, -0.15) is 0 Å². The zero-order valence-electron chi connectivity index (χ0n) is 10.9. The van der Waals surface area contributed by atoms with Crippen molar-refractivity contribution in [3.8, 4) is 11.5 Å². The Morgan fingerprint density at radius 2 is 2.12 bits per heavy atom. The zero-order valence-corrected chi connectivity index (χ0v) is 10.9. The molecule has 1 aliphatic carbocycles. The van der Waals surface area contributed by atoms with Crippen molar-refractivity contribution in [3.63, 3.8) is 0 Å². The number of fused-ring (bicyclic) bond motifs is 1. The molecule has 17 heavy (non-hydrogen) atoms. The molecule has 0 heterocycles. The zero-order chi connectivity index (χ0) is 12.3. The molecule has 94 valence electrons. The molecule has 0 aliphatic heterocycles. The molecule has 0 saturated carbocycles. The predicted octanol–water partition coefficient (Wildman–Crippen LogP) is 2.69. The first-order valence-corrected chi connectivity index (χ1v) is 6.29. The van der Waals surface area contributed by atoms with Crippen molar-refractivity contribution in [2.45, 2.75) is 32.2 Å². The number of ether oxygens (including phenoxy) is 2. The van der Waals surface area contributed by atoms with E-state index in [4.69, 9.17) is 9.47 Å². The normalized spacial score (nSPS) is 17.9. The summed E-state index contributed by atoms with van der Waals surface area (Å²) in [6.45, 7) is 3.26. The highest BCUT2D eigenvalue weighted by Crippen LogP contribution is 2.42. The lowest BCUT2D eigenvalue weighted by Crippen LogP contribution is -2.19. The molecule has 0 radical (unpaired) electrons. The minimum Gasteiger partial charge on any atom is -0.493 e. The molecule has 0 aromatic heterocycles. The maximum Gasteiger partial charge on any atom is 0.164 e. The van der Waals surface area contributed by atoms with E-state index in [2.05, 4.69) is 18.3 Å². The van der Waals surface area contributed by atoms with Crippen LogP contribution in [0.2, 0.25) is 0 Å². The summed E-state index contributed by atoms with van der Waals surface area (Å²) in [6, 6.07) is 4.64. The van der Waals surface area contributed by atoms with Gasteiger partial charge in [0.15, 0.2) is 11.5 Å². The van der Waals surface area contributed by atoms with Crippen LogP contribution in [0.5, 0.6) is 11.5 Å². The van der Waals surface area contributed by atoms with Crippen molar-refractivity contribution in [1.82, 2.24) is 5.32 Å². The molecular formula is C14H21NO2. The van der Waals surface area contributed by atoms with Crippen LogP contribution in [0.15, 0.2) is 12.1 Å². The van der Waals surface area contributed by atoms with Gasteiger partial charge in [0.25, 0.3) is 0 Å². The summed E-state index contributed by atoms with van der Waals surface area (Å²) < 4.78 is 10.8. The number of nitrogens with one attached hydrogen (secondary N) is 1. The van der Waals surface area contributed by atoms with Gasteiger partial charge in [0, 0.05) is 11.6 Å². The number of hydrogen-bond donors (Lipinski definition) is 1. The number of hydrogen-bond acceptors (Lipinski definition) is 3. The van der Waals surface area contributed by atoms with Crippen molar-refractivity contribution < 1.29 is 9.47 Å². The molecule has 2 rings (SSSR count). The van der Waals surface area contributed by atoms with Gasteiger partial charge < -0.3 is 14.8 Å². The molecule has 3 heteroatoms. The predicted molar refractivity (Wildman–Crippen MR) is 68.9 cm³/mol. The first-order chi connectivity index (χ1) is 8.31. The molecule has 3 nitrogen and oxygen atoms in total. The van der Waals surface area contributed by atoms with Gasteiger partial charge >= 0.3 is 0 Å². The van der Waals surface area contributed by atoms with Gasteiger partial charge in [-0.15, -0.1) is 0 Å². The van der Waals surface area contributed by atoms with Crippen LogP contribution >= 0.6 is 0 Å². The molecule has 0 fully saturated rings. The van der Waals surface area contributed by atoms with Gasteiger partial charge in [-0.25, -0.2) is 0 Å². The SMILES string of the molecule is CCCNC1CCc2c1ccc(OC)c2OC. The lowest BCUT2D eigenvalue weighted by atomic mass is 10.1. The molecule has 0 saturated heterocycles. The van der Waals surface area contributed by atoms with E-state index in [1.165, 1.54) is 17.5 Å². The molecule has 0 spiro atoms. The molecule has 1 aromatic carbocycles. The van der Waals surface area contributed by atoms with Gasteiger partial charge in [-0.05, 0) is 37.4 Å². The molecule has 1 aliphatic rings. The van der Waals surface area contributed by atoms with E-state index in [0.29, 0.717) is 6.04 Å². The highest BCUT2D eigenvalue weighted by atomic mass is 16.5. The van der Waals surface area contributed by atoms with Gasteiger partial charge in [0.2, 0.25) is 0 Å². The fraction of sp³-hybridized carbons (Fsp3) is 0.571. The lowest BCUT2D eigenvalue weighted by molar-refractivity contribution is 0.352. The third-order valence-corrected chi connectivity index (χ3v) is 3.38. The Labute approximate surface area is 103 Å². The first-order valence-electron chi connectivity index (χ1n) is 6.29. The summed E-state index contributed by atoms with van der Waals surface area (Å²) in [7, 11) is 3.40. The largest absolute Gasteiger partial charge is 0.493 e. The summed E-state index contributed by atoms with van der Waals surface area (Å²) in [4.78, 5) is 0. The van der Waals surface area contributed by atoms with E-state index in [0.717, 1.165) is 30.9 Å². The van der Waals surface area contributed by atoms with Crippen LogP contribution in [0.4, 0.5) is 0 Å². The highest BCUT2D eigenvalue weighted by molar-refractivity contribution is 5.53. The fourth-order valence-corrected chi connectivity index (χ4v) is 2.57. The van der Waals surface area contributed by atoms with E-state index in [1.54, 1.807) is 14.2 Å². The second kappa shape index (κ2) is 5.41. The minimum absolute atomic E-state index is 0.477. The number of methoxy groups -OCH3 is 2. The smallest absolute Gasteiger partial charge is 0.164 e. The van der Waals surface area contributed by atoms with E-state index in [-0.39, 0.29) is 0 Å². The monoisotopic (exact) mass is 235 g/mol. The Balaban J connectivity index is 2.29. The maximum atomic E-state index is 5.48. The Morgan fingerprint density at radius 3 is 2.76 bits per heavy atom. The fourth-order valence-electron chi connectivity index (χ4n) is 2.57. The summed E-state index contributed by atoms with van der Waals surface area (Å²) in [6.07, 6.45) is 3.38. The van der Waals surface area contributed by atoms with E-state index >= 15 is 0 Å². The molecule has 1 unspecified atom stereocenters. The van der Waals surface area contributed by atoms with Crippen LogP contribution < -0.4 is 14.8 Å². The molecule has 0 amide bonds. The van der Waals surface area contributed by atoms with Crippen LogP contribution in [0.3, 0.4) is 0 Å². The third-order valence-electron chi connectivity index (χ3n) is 3.38. The first kappa shape index (κ1) is 12.2. The van der Waals surface area contributed by atoms with Crippen LogP contribution in [-0.4, -0.2) is 20.8 Å². The van der Waals surface area contributed by atoms with Gasteiger partial charge in [-0.1, -0.05) is 13.0 Å². The Morgan fingerprint density at radius 1 is 1.29 bits per heavy atom. The third kappa shape index (κ3) is 2.25. The topological polar surface area (TPSA) is 30.5 Å². The van der Waals surface area contributed by atoms with Crippen LogP contribution in [0, 0.1) is 0 Å². The second-order valence-corrected chi connectivity index (χ2v) is 4.41. The van der Waals surface area contributed by atoms with Crippen molar-refractivity contribution >= 4 is 0 Å². The standard InChI is InChI=1S/C14H21NO2/c1-4-9-15-12-7-5-11-10(12)6-8-13(16-2)14(11)17-3/h6,8,12,15H,4-5,7,9H2,1-3H3. The van der Waals surface area contributed by atoms with Crippen LogP contribution in [-0.2, 0) is 6.42 Å². The number of rotatable bonds is 5.